The number of nitrogens with zero attached hydrogens (tertiary/aromatic N) is 1. The van der Waals surface area contributed by atoms with Gasteiger partial charge in [0.15, 0.2) is 0 Å². The van der Waals surface area contributed by atoms with Crippen LogP contribution in [0.5, 0.6) is 0 Å². The lowest BCUT2D eigenvalue weighted by Crippen LogP contribution is -2.35. The maximum Gasteiger partial charge on any atom is 0.416 e. The quantitative estimate of drug-likeness (QED) is 0.681. The molecule has 0 spiro atoms. The molecule has 0 atom stereocenters. The fourth-order valence-corrected chi connectivity index (χ4v) is 2.37. The molecule has 150 valence electrons. The van der Waals surface area contributed by atoms with Crippen LogP contribution in [0.2, 0.25) is 0 Å². The van der Waals surface area contributed by atoms with E-state index in [0.29, 0.717) is 5.56 Å². The second-order valence-electron chi connectivity index (χ2n) is 6.41. The van der Waals surface area contributed by atoms with Gasteiger partial charge in [0.05, 0.1) is 5.56 Å². The SMILES string of the molecule is CC(C)NC(=O)CCCC(=O)N(CC(=O)O)Cc1ccc(C(F)(F)F)cc1. The molecule has 0 aliphatic heterocycles. The molecule has 0 saturated heterocycles. The fraction of sp³-hybridized carbons (Fsp3) is 0.500. The van der Waals surface area contributed by atoms with E-state index in [1.54, 1.807) is 0 Å². The average Bonchev–Trinajstić information content (AvgIpc) is 2.52. The molecular weight excluding hydrogens is 365 g/mol. The number of carboxylic acid groups (broad SMARTS) is 1. The highest BCUT2D eigenvalue weighted by atomic mass is 19.4. The largest absolute Gasteiger partial charge is 0.480 e. The molecule has 2 N–H and O–H groups in total. The van der Waals surface area contributed by atoms with Crippen LogP contribution in [0, 0.1) is 0 Å². The highest BCUT2D eigenvalue weighted by molar-refractivity contribution is 5.82. The highest BCUT2D eigenvalue weighted by Gasteiger charge is 2.30. The molecule has 0 fully saturated rings. The van der Waals surface area contributed by atoms with E-state index in [-0.39, 0.29) is 37.8 Å². The second-order valence-corrected chi connectivity index (χ2v) is 6.41. The zero-order chi connectivity index (χ0) is 20.6. The Bertz CT molecular complexity index is 658. The molecule has 2 amide bonds. The van der Waals surface area contributed by atoms with Gasteiger partial charge < -0.3 is 15.3 Å². The number of carbonyl (C=O) groups is 3. The summed E-state index contributed by atoms with van der Waals surface area (Å²) in [6, 6.07) is 4.17. The molecule has 9 heteroatoms. The molecule has 0 bridgehead atoms. The van der Waals surface area contributed by atoms with Crippen LogP contribution in [0.25, 0.3) is 0 Å². The number of alkyl halides is 3. The Hall–Kier alpha value is -2.58. The third-order valence-corrected chi connectivity index (χ3v) is 3.58. The molecule has 1 rings (SSSR count). The third-order valence-electron chi connectivity index (χ3n) is 3.58. The maximum atomic E-state index is 12.6. The van der Waals surface area contributed by atoms with Gasteiger partial charge in [-0.3, -0.25) is 14.4 Å². The Morgan fingerprint density at radius 2 is 1.70 bits per heavy atom. The summed E-state index contributed by atoms with van der Waals surface area (Å²) < 4.78 is 37.8. The Labute approximate surface area is 155 Å². The standard InChI is InChI=1S/C18H23F3N2O4/c1-12(2)22-15(24)4-3-5-16(25)23(11-17(26)27)10-13-6-8-14(9-7-13)18(19,20)21/h6-9,12H,3-5,10-11H2,1-2H3,(H,22,24)(H,26,27). The van der Waals surface area contributed by atoms with Gasteiger partial charge in [-0.05, 0) is 38.0 Å². The summed E-state index contributed by atoms with van der Waals surface area (Å²) >= 11 is 0. The van der Waals surface area contributed by atoms with Gasteiger partial charge in [0, 0.05) is 25.4 Å². The zero-order valence-corrected chi connectivity index (χ0v) is 15.2. The Kier molecular flexibility index (Phi) is 8.27. The number of amides is 2. The van der Waals surface area contributed by atoms with Gasteiger partial charge in [0.25, 0.3) is 0 Å². The van der Waals surface area contributed by atoms with Crippen LogP contribution < -0.4 is 5.32 Å². The topological polar surface area (TPSA) is 86.7 Å². The van der Waals surface area contributed by atoms with Crippen molar-refractivity contribution >= 4 is 17.8 Å². The number of hydrogen-bond acceptors (Lipinski definition) is 3. The number of carbonyl (C=O) groups excluding carboxylic acids is 2. The highest BCUT2D eigenvalue weighted by Crippen LogP contribution is 2.29. The molecule has 1 aromatic carbocycles. The number of halogens is 3. The van der Waals surface area contributed by atoms with Crippen LogP contribution in [0.1, 0.15) is 44.2 Å². The number of carboxylic acids is 1. The van der Waals surface area contributed by atoms with Crippen LogP contribution in [0.4, 0.5) is 13.2 Å². The number of hydrogen-bond donors (Lipinski definition) is 2. The van der Waals surface area contributed by atoms with Crippen molar-refractivity contribution in [2.45, 2.75) is 51.9 Å². The second kappa shape index (κ2) is 9.94. The predicted molar refractivity (Wildman–Crippen MR) is 91.6 cm³/mol. The molecule has 0 aliphatic carbocycles. The van der Waals surface area contributed by atoms with Gasteiger partial charge in [-0.15, -0.1) is 0 Å². The summed E-state index contributed by atoms with van der Waals surface area (Å²) in [5.74, 6) is -1.91. The summed E-state index contributed by atoms with van der Waals surface area (Å²) in [6.07, 6.45) is -4.11. The minimum Gasteiger partial charge on any atom is -0.480 e. The first kappa shape index (κ1) is 22.5. The maximum absolute atomic E-state index is 12.6. The van der Waals surface area contributed by atoms with E-state index in [1.807, 2.05) is 13.8 Å². The number of aliphatic carboxylic acids is 1. The number of benzene rings is 1. The minimum absolute atomic E-state index is 0.0172. The van der Waals surface area contributed by atoms with E-state index in [2.05, 4.69) is 5.32 Å². The molecule has 0 unspecified atom stereocenters. The Morgan fingerprint density at radius 1 is 1.11 bits per heavy atom. The number of rotatable bonds is 9. The van der Waals surface area contributed by atoms with Crippen molar-refractivity contribution < 1.29 is 32.7 Å². The van der Waals surface area contributed by atoms with Gasteiger partial charge in [0.2, 0.25) is 11.8 Å². The summed E-state index contributed by atoms with van der Waals surface area (Å²) in [5, 5.41) is 11.7. The van der Waals surface area contributed by atoms with Crippen LogP contribution in [0.3, 0.4) is 0 Å². The Morgan fingerprint density at radius 3 is 2.19 bits per heavy atom. The Balaban J connectivity index is 2.68. The van der Waals surface area contributed by atoms with Crippen molar-refractivity contribution in [3.05, 3.63) is 35.4 Å². The molecule has 0 saturated carbocycles. The molecule has 0 radical (unpaired) electrons. The average molecular weight is 388 g/mol. The summed E-state index contributed by atoms with van der Waals surface area (Å²) in [7, 11) is 0. The van der Waals surface area contributed by atoms with E-state index >= 15 is 0 Å². The van der Waals surface area contributed by atoms with Crippen molar-refractivity contribution in [1.82, 2.24) is 10.2 Å². The lowest BCUT2D eigenvalue weighted by atomic mass is 10.1. The van der Waals surface area contributed by atoms with E-state index in [0.717, 1.165) is 17.0 Å². The molecular formula is C18H23F3N2O4. The smallest absolute Gasteiger partial charge is 0.416 e. The molecule has 0 aromatic heterocycles. The monoisotopic (exact) mass is 388 g/mol. The molecule has 27 heavy (non-hydrogen) atoms. The predicted octanol–water partition coefficient (Wildman–Crippen LogP) is 2.81. The van der Waals surface area contributed by atoms with Crippen LogP contribution >= 0.6 is 0 Å². The normalized spacial score (nSPS) is 11.3. The van der Waals surface area contributed by atoms with Crippen molar-refractivity contribution in [2.75, 3.05) is 6.54 Å². The summed E-state index contributed by atoms with van der Waals surface area (Å²) in [4.78, 5) is 35.9. The number of nitrogens with one attached hydrogen (secondary N) is 1. The van der Waals surface area contributed by atoms with Gasteiger partial charge in [-0.25, -0.2) is 0 Å². The first-order valence-corrected chi connectivity index (χ1v) is 8.44. The molecule has 0 aliphatic rings. The van der Waals surface area contributed by atoms with Gasteiger partial charge in [-0.2, -0.15) is 13.2 Å². The van der Waals surface area contributed by atoms with Gasteiger partial charge in [0.1, 0.15) is 6.54 Å². The van der Waals surface area contributed by atoms with Crippen LogP contribution in [-0.2, 0) is 27.1 Å². The van der Waals surface area contributed by atoms with E-state index < -0.39 is 30.2 Å². The zero-order valence-electron chi connectivity index (χ0n) is 15.2. The minimum atomic E-state index is -4.47. The van der Waals surface area contributed by atoms with E-state index in [9.17, 15) is 27.6 Å². The van der Waals surface area contributed by atoms with Gasteiger partial charge >= 0.3 is 12.1 Å². The van der Waals surface area contributed by atoms with Crippen LogP contribution in [-0.4, -0.2) is 40.4 Å². The van der Waals surface area contributed by atoms with E-state index in [1.165, 1.54) is 12.1 Å². The first-order chi connectivity index (χ1) is 12.5. The van der Waals surface area contributed by atoms with Crippen molar-refractivity contribution in [2.24, 2.45) is 0 Å². The summed E-state index contributed by atoms with van der Waals surface area (Å²) in [5.41, 5.74) is -0.436. The van der Waals surface area contributed by atoms with Crippen molar-refractivity contribution in [1.29, 1.82) is 0 Å². The van der Waals surface area contributed by atoms with E-state index in [4.69, 9.17) is 5.11 Å². The molecule has 6 nitrogen and oxygen atoms in total. The molecule has 0 heterocycles. The lowest BCUT2D eigenvalue weighted by molar-refractivity contribution is -0.145. The third kappa shape index (κ3) is 8.57. The van der Waals surface area contributed by atoms with Gasteiger partial charge in [-0.1, -0.05) is 12.1 Å². The summed E-state index contributed by atoms with van der Waals surface area (Å²) in [6.45, 7) is 2.92. The fourth-order valence-electron chi connectivity index (χ4n) is 2.37. The molecule has 1 aromatic rings. The lowest BCUT2D eigenvalue weighted by Gasteiger charge is -2.21. The van der Waals surface area contributed by atoms with Crippen molar-refractivity contribution in [3.8, 4) is 0 Å². The van der Waals surface area contributed by atoms with Crippen molar-refractivity contribution in [3.63, 3.8) is 0 Å². The van der Waals surface area contributed by atoms with Crippen LogP contribution in [0.15, 0.2) is 24.3 Å². The first-order valence-electron chi connectivity index (χ1n) is 8.44.